The molecule has 0 radical (unpaired) electrons. The summed E-state index contributed by atoms with van der Waals surface area (Å²) in [6, 6.07) is 3.97. The summed E-state index contributed by atoms with van der Waals surface area (Å²) in [6.07, 6.45) is 0.239. The third-order valence-corrected chi connectivity index (χ3v) is 4.56. The fourth-order valence-corrected chi connectivity index (χ4v) is 3.41. The van der Waals surface area contributed by atoms with Crippen molar-refractivity contribution in [3.05, 3.63) is 20.8 Å². The molecule has 0 aromatic carbocycles. The second kappa shape index (κ2) is 6.09. The van der Waals surface area contributed by atoms with Gasteiger partial charge in [0.15, 0.2) is 5.78 Å². The summed E-state index contributed by atoms with van der Waals surface area (Å²) in [5, 5.41) is 0. The Morgan fingerprint density at radius 1 is 1.65 bits per heavy atom. The van der Waals surface area contributed by atoms with Crippen molar-refractivity contribution in [2.24, 2.45) is 0 Å². The molecule has 1 unspecified atom stereocenters. The summed E-state index contributed by atoms with van der Waals surface area (Å²) in [5.74, 6) is 0.192. The number of likely N-dealkylation sites (N-methyl/N-ethyl adjacent to an activating group) is 1. The zero-order valence-corrected chi connectivity index (χ0v) is 12.2. The van der Waals surface area contributed by atoms with Crippen molar-refractivity contribution in [1.29, 1.82) is 0 Å². The average Bonchev–Trinajstić information content (AvgIpc) is 2.75. The molecule has 0 spiro atoms. The van der Waals surface area contributed by atoms with Gasteiger partial charge in [0.2, 0.25) is 0 Å². The highest BCUT2D eigenvalue weighted by Gasteiger charge is 2.25. The van der Waals surface area contributed by atoms with Crippen LogP contribution in [0.25, 0.3) is 0 Å². The Morgan fingerprint density at radius 2 is 2.47 bits per heavy atom. The molecule has 1 aliphatic heterocycles. The number of carbonyl (C=O) groups is 1. The van der Waals surface area contributed by atoms with Gasteiger partial charge >= 0.3 is 0 Å². The lowest BCUT2D eigenvalue weighted by Gasteiger charge is -2.31. The van der Waals surface area contributed by atoms with E-state index < -0.39 is 0 Å². The molecule has 2 rings (SSSR count). The molecule has 94 valence electrons. The number of carbonyl (C=O) groups excluding carboxylic acids is 1. The number of Topliss-reactive ketones (excluding diaryl/α,β-unsaturated/α-hetero) is 1. The molecule has 0 bridgehead atoms. The molecule has 1 aliphatic rings. The lowest BCUT2D eigenvalue weighted by molar-refractivity contribution is -0.135. The van der Waals surface area contributed by atoms with Gasteiger partial charge in [0.05, 0.1) is 10.4 Å². The van der Waals surface area contributed by atoms with Crippen LogP contribution < -0.4 is 0 Å². The molecule has 1 atom stereocenters. The van der Waals surface area contributed by atoms with E-state index in [-0.39, 0.29) is 11.9 Å². The third kappa shape index (κ3) is 3.61. The van der Waals surface area contributed by atoms with Gasteiger partial charge in [0, 0.05) is 24.4 Å². The van der Waals surface area contributed by atoms with Gasteiger partial charge in [0.1, 0.15) is 6.10 Å². The van der Waals surface area contributed by atoms with Crippen LogP contribution in [-0.2, 0) is 16.0 Å². The van der Waals surface area contributed by atoms with E-state index in [1.54, 1.807) is 11.3 Å². The van der Waals surface area contributed by atoms with Gasteiger partial charge in [-0.3, -0.25) is 9.69 Å². The zero-order valence-electron chi connectivity index (χ0n) is 9.82. The fourth-order valence-electron chi connectivity index (χ4n) is 1.92. The van der Waals surface area contributed by atoms with E-state index in [1.165, 1.54) is 0 Å². The minimum absolute atomic E-state index is 0.192. The van der Waals surface area contributed by atoms with Crippen molar-refractivity contribution < 1.29 is 9.53 Å². The van der Waals surface area contributed by atoms with Crippen LogP contribution in [0.4, 0.5) is 0 Å². The van der Waals surface area contributed by atoms with Crippen molar-refractivity contribution in [2.45, 2.75) is 19.4 Å². The van der Waals surface area contributed by atoms with Crippen LogP contribution in [0.2, 0.25) is 0 Å². The number of nitrogens with zero attached hydrogens (tertiary/aromatic N) is 1. The van der Waals surface area contributed by atoms with E-state index in [0.29, 0.717) is 13.0 Å². The van der Waals surface area contributed by atoms with Gasteiger partial charge in [-0.05, 0) is 34.6 Å². The minimum atomic E-state index is -0.246. The minimum Gasteiger partial charge on any atom is -0.368 e. The van der Waals surface area contributed by atoms with Crippen molar-refractivity contribution in [3.8, 4) is 0 Å². The van der Waals surface area contributed by atoms with Gasteiger partial charge < -0.3 is 4.74 Å². The Balaban J connectivity index is 1.91. The third-order valence-electron chi connectivity index (χ3n) is 2.93. The molecule has 1 aromatic heterocycles. The van der Waals surface area contributed by atoms with E-state index in [1.807, 2.05) is 12.1 Å². The Kier molecular flexibility index (Phi) is 4.73. The van der Waals surface area contributed by atoms with Crippen LogP contribution in [-0.4, -0.2) is 43.0 Å². The highest BCUT2D eigenvalue weighted by atomic mass is 79.9. The van der Waals surface area contributed by atoms with Crippen LogP contribution in [0.1, 0.15) is 11.8 Å². The normalized spacial score (nSPS) is 21.6. The second-order valence-electron chi connectivity index (χ2n) is 4.10. The number of hydrogen-bond acceptors (Lipinski definition) is 4. The number of ether oxygens (including phenoxy) is 1. The van der Waals surface area contributed by atoms with E-state index in [4.69, 9.17) is 4.74 Å². The lowest BCUT2D eigenvalue weighted by atomic mass is 10.1. The van der Waals surface area contributed by atoms with Gasteiger partial charge in [-0.2, -0.15) is 0 Å². The van der Waals surface area contributed by atoms with Crippen LogP contribution in [0, 0.1) is 0 Å². The predicted octanol–water partition coefficient (Wildman–Crippen LogP) is 2.34. The number of thiophene rings is 1. The maximum Gasteiger partial charge on any atom is 0.168 e. The number of hydrogen-bond donors (Lipinski definition) is 0. The Morgan fingerprint density at radius 3 is 3.12 bits per heavy atom. The highest BCUT2D eigenvalue weighted by Crippen LogP contribution is 2.23. The lowest BCUT2D eigenvalue weighted by Crippen LogP contribution is -2.46. The van der Waals surface area contributed by atoms with Crippen LogP contribution in [0.15, 0.2) is 15.9 Å². The number of ketones is 1. The summed E-state index contributed by atoms with van der Waals surface area (Å²) in [5.41, 5.74) is 0. The molecule has 2 heterocycles. The van der Waals surface area contributed by atoms with Crippen LogP contribution >= 0.6 is 27.3 Å². The Hall–Kier alpha value is -0.230. The van der Waals surface area contributed by atoms with Crippen molar-refractivity contribution in [3.63, 3.8) is 0 Å². The van der Waals surface area contributed by atoms with Crippen LogP contribution in [0.5, 0.6) is 0 Å². The van der Waals surface area contributed by atoms with Gasteiger partial charge in [-0.15, -0.1) is 11.3 Å². The first-order chi connectivity index (χ1) is 8.19. The summed E-state index contributed by atoms with van der Waals surface area (Å²) in [6.45, 7) is 5.44. The molecule has 0 aliphatic carbocycles. The first-order valence-electron chi connectivity index (χ1n) is 5.80. The molecule has 0 N–H and O–H groups in total. The summed E-state index contributed by atoms with van der Waals surface area (Å²) in [4.78, 5) is 15.4. The monoisotopic (exact) mass is 317 g/mol. The van der Waals surface area contributed by atoms with E-state index in [9.17, 15) is 4.79 Å². The summed E-state index contributed by atoms with van der Waals surface area (Å²) in [7, 11) is 0. The first kappa shape index (κ1) is 13.2. The highest BCUT2D eigenvalue weighted by molar-refractivity contribution is 9.11. The van der Waals surface area contributed by atoms with Gasteiger partial charge in [-0.25, -0.2) is 0 Å². The predicted molar refractivity (Wildman–Crippen MR) is 72.6 cm³/mol. The summed E-state index contributed by atoms with van der Waals surface area (Å²) >= 11 is 5.02. The van der Waals surface area contributed by atoms with E-state index in [0.717, 1.165) is 28.3 Å². The molecule has 1 aromatic rings. The van der Waals surface area contributed by atoms with Crippen molar-refractivity contribution >= 4 is 33.0 Å². The number of rotatable bonds is 4. The number of halogens is 1. The molecular formula is C12H16BrNO2S. The molecular weight excluding hydrogens is 302 g/mol. The molecule has 1 fully saturated rings. The van der Waals surface area contributed by atoms with E-state index >= 15 is 0 Å². The first-order valence-corrected chi connectivity index (χ1v) is 7.41. The zero-order chi connectivity index (χ0) is 12.3. The Labute approximate surface area is 114 Å². The average molecular weight is 318 g/mol. The van der Waals surface area contributed by atoms with Crippen molar-refractivity contribution in [1.82, 2.24) is 4.90 Å². The molecule has 5 heteroatoms. The summed E-state index contributed by atoms with van der Waals surface area (Å²) < 4.78 is 6.62. The quantitative estimate of drug-likeness (QED) is 0.853. The Bertz CT molecular complexity index is 394. The smallest absolute Gasteiger partial charge is 0.168 e. The standard InChI is InChI=1S/C12H16BrNO2S/c1-2-14-5-6-16-11(8-14)10(15)7-9-3-4-12(13)17-9/h3-4,11H,2,5-8H2,1H3. The second-order valence-corrected chi connectivity index (χ2v) is 6.65. The van der Waals surface area contributed by atoms with Crippen LogP contribution in [0.3, 0.4) is 0 Å². The van der Waals surface area contributed by atoms with Crippen molar-refractivity contribution in [2.75, 3.05) is 26.2 Å². The molecule has 3 nitrogen and oxygen atoms in total. The molecule has 17 heavy (non-hydrogen) atoms. The van der Waals surface area contributed by atoms with Gasteiger partial charge in [-0.1, -0.05) is 6.92 Å². The largest absolute Gasteiger partial charge is 0.368 e. The SMILES string of the molecule is CCN1CCOC(C(=O)Cc2ccc(Br)s2)C1. The van der Waals surface area contributed by atoms with Gasteiger partial charge in [0.25, 0.3) is 0 Å². The molecule has 0 saturated carbocycles. The maximum absolute atomic E-state index is 12.1. The number of morpholine rings is 1. The molecule has 1 saturated heterocycles. The topological polar surface area (TPSA) is 29.5 Å². The fraction of sp³-hybridized carbons (Fsp3) is 0.583. The maximum atomic E-state index is 12.1. The van der Waals surface area contributed by atoms with E-state index in [2.05, 4.69) is 27.8 Å². The molecule has 0 amide bonds.